The van der Waals surface area contributed by atoms with Crippen LogP contribution in [0.2, 0.25) is 4.63 Å². The second kappa shape index (κ2) is 5.92. The van der Waals surface area contributed by atoms with Gasteiger partial charge in [0, 0.05) is 10.2 Å². The first kappa shape index (κ1) is 13.6. The fourth-order valence-electron chi connectivity index (χ4n) is 2.30. The Balaban J connectivity index is 2.29. The predicted molar refractivity (Wildman–Crippen MR) is 89.5 cm³/mol. The van der Waals surface area contributed by atoms with E-state index in [4.69, 9.17) is 22.7 Å². The molecule has 3 rings (SSSR count). The average molecular weight is 315 g/mol. The maximum Gasteiger partial charge on any atom is 0.172 e. The summed E-state index contributed by atoms with van der Waals surface area (Å²) >= 11 is 12.9. The lowest BCUT2D eigenvalue weighted by molar-refractivity contribution is 1.61. The van der Waals surface area contributed by atoms with E-state index in [1.54, 1.807) is 0 Å². The molecule has 0 nitrogen and oxygen atoms in total. The lowest BCUT2D eigenvalue weighted by Crippen LogP contribution is -1.94. The summed E-state index contributed by atoms with van der Waals surface area (Å²) in [5, 5.41) is 0. The molecule has 0 unspecified atom stereocenters. The second-order valence-electron chi connectivity index (χ2n) is 4.52. The first-order chi connectivity index (χ1) is 9.77. The van der Waals surface area contributed by atoms with Crippen LogP contribution >= 0.6 is 22.7 Å². The van der Waals surface area contributed by atoms with Crippen LogP contribution in [-0.4, -0.2) is 7.71 Å². The van der Waals surface area contributed by atoms with Gasteiger partial charge in [-0.15, -0.1) is 11.1 Å². The van der Waals surface area contributed by atoms with Crippen molar-refractivity contribution < 1.29 is 0 Å². The molecule has 0 aliphatic carbocycles. The van der Waals surface area contributed by atoms with Crippen LogP contribution in [0.1, 0.15) is 0 Å². The van der Waals surface area contributed by atoms with Gasteiger partial charge < -0.3 is 0 Å². The third-order valence-corrected chi connectivity index (χ3v) is 6.41. The SMILES string of the molecule is Clc1c(-c2ccccc2)c(-c2ccccc2)cc[si]1Cl. The van der Waals surface area contributed by atoms with Crippen LogP contribution in [0.5, 0.6) is 0 Å². The monoisotopic (exact) mass is 314 g/mol. The standard InChI is InChI=1S/C17H12Cl2Si/c18-17-16(14-9-5-2-6-10-14)15(11-12-20(17)19)13-7-3-1-4-8-13/h1-12H. The molecular formula is C17H12Cl2Si. The van der Waals surface area contributed by atoms with Crippen LogP contribution < -0.4 is 0 Å². The second-order valence-corrected chi connectivity index (χ2v) is 7.96. The van der Waals surface area contributed by atoms with Gasteiger partial charge in [0.1, 0.15) is 0 Å². The van der Waals surface area contributed by atoms with E-state index < -0.39 is 7.71 Å². The number of halogens is 2. The first-order valence-electron chi connectivity index (χ1n) is 6.36. The van der Waals surface area contributed by atoms with E-state index in [9.17, 15) is 0 Å². The summed E-state index contributed by atoms with van der Waals surface area (Å²) in [6, 6.07) is 22.6. The summed E-state index contributed by atoms with van der Waals surface area (Å²) in [6.45, 7) is 0. The zero-order valence-electron chi connectivity index (χ0n) is 10.7. The minimum absolute atomic E-state index is 0.782. The minimum Gasteiger partial charge on any atom is -0.132 e. The van der Waals surface area contributed by atoms with Crippen molar-refractivity contribution in [2.24, 2.45) is 0 Å². The zero-order valence-corrected chi connectivity index (χ0v) is 13.2. The molecule has 3 aromatic rings. The first-order valence-corrected chi connectivity index (χ1v) is 9.33. The number of hydrogen-bond acceptors (Lipinski definition) is 0. The van der Waals surface area contributed by atoms with Crippen molar-refractivity contribution in [1.29, 1.82) is 0 Å². The third kappa shape index (κ3) is 2.57. The van der Waals surface area contributed by atoms with E-state index in [0.717, 1.165) is 26.9 Å². The Morgan fingerprint density at radius 3 is 1.85 bits per heavy atom. The van der Waals surface area contributed by atoms with Crippen molar-refractivity contribution >= 4 is 30.4 Å². The number of hydrogen-bond donors (Lipinski definition) is 0. The lowest BCUT2D eigenvalue weighted by Gasteiger charge is -2.13. The highest BCUT2D eigenvalue weighted by atomic mass is 35.6. The maximum absolute atomic E-state index is 6.53. The molecule has 0 fully saturated rings. The predicted octanol–water partition coefficient (Wildman–Crippen LogP) is 5.70. The summed E-state index contributed by atoms with van der Waals surface area (Å²) in [5.74, 6) is 0. The average Bonchev–Trinajstić information content (AvgIpc) is 2.51. The molecule has 0 atom stereocenters. The van der Waals surface area contributed by atoms with Gasteiger partial charge >= 0.3 is 0 Å². The Bertz CT molecular complexity index is 725. The van der Waals surface area contributed by atoms with E-state index in [0.29, 0.717) is 0 Å². The van der Waals surface area contributed by atoms with Gasteiger partial charge in [0.05, 0.1) is 0 Å². The Hall–Kier alpha value is -1.41. The van der Waals surface area contributed by atoms with Gasteiger partial charge in [-0.25, -0.2) is 0 Å². The third-order valence-electron chi connectivity index (χ3n) is 3.24. The van der Waals surface area contributed by atoms with E-state index in [-0.39, 0.29) is 0 Å². The molecule has 98 valence electrons. The number of rotatable bonds is 2. The summed E-state index contributed by atoms with van der Waals surface area (Å²) in [6.07, 6.45) is 0. The fourth-order valence-corrected chi connectivity index (χ4v) is 4.15. The molecule has 20 heavy (non-hydrogen) atoms. The summed E-state index contributed by atoms with van der Waals surface area (Å²) in [4.78, 5) is 0. The van der Waals surface area contributed by atoms with Crippen LogP contribution in [0.4, 0.5) is 0 Å². The normalized spacial score (nSPS) is 10.5. The van der Waals surface area contributed by atoms with Gasteiger partial charge in [-0.3, -0.25) is 0 Å². The summed E-state index contributed by atoms with van der Waals surface area (Å²) in [7, 11) is -1.29. The molecule has 1 heterocycles. The molecule has 0 aliphatic rings. The largest absolute Gasteiger partial charge is 0.172 e. The highest BCUT2D eigenvalue weighted by molar-refractivity contribution is 7.06. The minimum atomic E-state index is -1.29. The topological polar surface area (TPSA) is 0 Å². The van der Waals surface area contributed by atoms with Crippen LogP contribution in [0.15, 0.2) is 72.4 Å². The highest BCUT2D eigenvalue weighted by Gasteiger charge is 2.14. The Morgan fingerprint density at radius 1 is 0.700 bits per heavy atom. The molecule has 0 saturated heterocycles. The van der Waals surface area contributed by atoms with Gasteiger partial charge in [0.2, 0.25) is 0 Å². The van der Waals surface area contributed by atoms with Crippen molar-refractivity contribution in [2.45, 2.75) is 0 Å². The van der Waals surface area contributed by atoms with Crippen LogP contribution in [0, 0.1) is 0 Å². The molecule has 2 aromatic carbocycles. The van der Waals surface area contributed by atoms with Gasteiger partial charge in [-0.05, 0) is 16.7 Å². The number of benzene rings is 2. The summed E-state index contributed by atoms with van der Waals surface area (Å²) < 4.78 is 0.782. The van der Waals surface area contributed by atoms with Gasteiger partial charge in [-0.1, -0.05) is 84.0 Å². The maximum atomic E-state index is 6.53. The van der Waals surface area contributed by atoms with E-state index in [1.807, 2.05) is 42.1 Å². The van der Waals surface area contributed by atoms with Gasteiger partial charge in [0.25, 0.3) is 0 Å². The Labute approximate surface area is 129 Å². The van der Waals surface area contributed by atoms with Crippen molar-refractivity contribution in [3.05, 3.63) is 77.0 Å². The summed E-state index contributed by atoms with van der Waals surface area (Å²) in [5.41, 5.74) is 6.50. The van der Waals surface area contributed by atoms with Crippen molar-refractivity contribution in [3.63, 3.8) is 0 Å². The highest BCUT2D eigenvalue weighted by Crippen LogP contribution is 2.37. The molecular weight excluding hydrogens is 303 g/mol. The molecule has 0 aliphatic heterocycles. The van der Waals surface area contributed by atoms with Crippen LogP contribution in [-0.2, 0) is 0 Å². The van der Waals surface area contributed by atoms with Gasteiger partial charge in [0.15, 0.2) is 7.71 Å². The molecule has 0 spiro atoms. The van der Waals surface area contributed by atoms with Crippen LogP contribution in [0.3, 0.4) is 0 Å². The molecule has 0 radical (unpaired) electrons. The van der Waals surface area contributed by atoms with Crippen molar-refractivity contribution in [1.82, 2.24) is 0 Å². The molecule has 0 saturated carbocycles. The van der Waals surface area contributed by atoms with E-state index in [1.165, 1.54) is 0 Å². The lowest BCUT2D eigenvalue weighted by atomic mass is 9.98. The zero-order chi connectivity index (χ0) is 13.9. The van der Waals surface area contributed by atoms with E-state index >= 15 is 0 Å². The van der Waals surface area contributed by atoms with Crippen molar-refractivity contribution in [3.8, 4) is 22.3 Å². The van der Waals surface area contributed by atoms with Crippen molar-refractivity contribution in [2.75, 3.05) is 0 Å². The molecule has 3 heteroatoms. The molecule has 0 bridgehead atoms. The molecule has 0 amide bonds. The Kier molecular flexibility index (Phi) is 4.02. The quantitative estimate of drug-likeness (QED) is 0.420. The fraction of sp³-hybridized carbons (Fsp3) is 0. The van der Waals surface area contributed by atoms with E-state index in [2.05, 4.69) is 30.3 Å². The Morgan fingerprint density at radius 2 is 1.25 bits per heavy atom. The van der Waals surface area contributed by atoms with Gasteiger partial charge in [-0.2, -0.15) is 0 Å². The smallest absolute Gasteiger partial charge is 0.132 e. The molecule has 0 N–H and O–H groups in total. The molecule has 1 aromatic heterocycles. The van der Waals surface area contributed by atoms with Crippen LogP contribution in [0.25, 0.3) is 22.3 Å².